The predicted molar refractivity (Wildman–Crippen MR) is 94.3 cm³/mol. The zero-order chi connectivity index (χ0) is 15.7. The number of benzene rings is 1. The smallest absolute Gasteiger partial charge is 0.267 e. The van der Waals surface area contributed by atoms with Gasteiger partial charge in [0.25, 0.3) is 5.91 Å². The number of halogens is 1. The number of thiophene rings is 1. The summed E-state index contributed by atoms with van der Waals surface area (Å²) in [5.74, 6) is -0.107. The molecule has 2 aromatic heterocycles. The lowest BCUT2D eigenvalue weighted by molar-refractivity contribution is 0.103. The Morgan fingerprint density at radius 3 is 2.55 bits per heavy atom. The van der Waals surface area contributed by atoms with Crippen molar-refractivity contribution in [3.05, 3.63) is 56.1 Å². The fourth-order valence-corrected chi connectivity index (χ4v) is 3.86. The molecule has 0 aliphatic rings. The SMILES string of the molecule is Cc1ccsc1C(=O)Nc1nc(-c2ccc(Cl)cc2)c(C)s1. The summed E-state index contributed by atoms with van der Waals surface area (Å²) in [7, 11) is 0. The molecule has 0 atom stereocenters. The zero-order valence-corrected chi connectivity index (χ0v) is 14.4. The highest BCUT2D eigenvalue weighted by atomic mass is 35.5. The lowest BCUT2D eigenvalue weighted by Gasteiger charge is -2.00. The van der Waals surface area contributed by atoms with Crippen LogP contribution in [0.2, 0.25) is 5.02 Å². The molecule has 112 valence electrons. The van der Waals surface area contributed by atoms with E-state index in [4.69, 9.17) is 11.6 Å². The predicted octanol–water partition coefficient (Wildman–Crippen LogP) is 5.39. The molecule has 1 N–H and O–H groups in total. The van der Waals surface area contributed by atoms with Crippen molar-refractivity contribution >= 4 is 45.3 Å². The fourth-order valence-electron chi connectivity index (χ4n) is 2.08. The van der Waals surface area contributed by atoms with Crippen LogP contribution in [0.1, 0.15) is 20.1 Å². The molecule has 0 fully saturated rings. The number of carbonyl (C=O) groups is 1. The van der Waals surface area contributed by atoms with E-state index in [1.54, 1.807) is 0 Å². The maximum absolute atomic E-state index is 12.2. The van der Waals surface area contributed by atoms with Crippen LogP contribution >= 0.6 is 34.3 Å². The first-order valence-electron chi connectivity index (χ1n) is 6.63. The van der Waals surface area contributed by atoms with Crippen molar-refractivity contribution in [2.45, 2.75) is 13.8 Å². The van der Waals surface area contributed by atoms with Gasteiger partial charge in [-0.25, -0.2) is 4.98 Å². The van der Waals surface area contributed by atoms with E-state index in [1.165, 1.54) is 22.7 Å². The third-order valence-electron chi connectivity index (χ3n) is 3.20. The average molecular weight is 349 g/mol. The molecule has 0 unspecified atom stereocenters. The Labute approximate surface area is 141 Å². The monoisotopic (exact) mass is 348 g/mol. The number of anilines is 1. The second-order valence-corrected chi connectivity index (χ2v) is 7.37. The van der Waals surface area contributed by atoms with Crippen LogP contribution in [0.3, 0.4) is 0 Å². The first-order valence-corrected chi connectivity index (χ1v) is 8.71. The third-order valence-corrected chi connectivity index (χ3v) is 5.36. The summed E-state index contributed by atoms with van der Waals surface area (Å²) in [6.07, 6.45) is 0. The van der Waals surface area contributed by atoms with Gasteiger partial charge in [0.15, 0.2) is 5.13 Å². The molecule has 2 heterocycles. The molecular formula is C16H13ClN2OS2. The Balaban J connectivity index is 1.85. The molecule has 0 aliphatic carbocycles. The average Bonchev–Trinajstić information content (AvgIpc) is 3.06. The Bertz CT molecular complexity index is 821. The van der Waals surface area contributed by atoms with E-state index in [2.05, 4.69) is 10.3 Å². The minimum atomic E-state index is -0.107. The molecular weight excluding hydrogens is 336 g/mol. The van der Waals surface area contributed by atoms with Gasteiger partial charge in [0.1, 0.15) is 0 Å². The topological polar surface area (TPSA) is 42.0 Å². The van der Waals surface area contributed by atoms with Gasteiger partial charge in [0.2, 0.25) is 0 Å². The summed E-state index contributed by atoms with van der Waals surface area (Å²) in [5, 5.41) is 6.10. The van der Waals surface area contributed by atoms with E-state index in [0.29, 0.717) is 10.2 Å². The van der Waals surface area contributed by atoms with E-state index < -0.39 is 0 Å². The highest BCUT2D eigenvalue weighted by Crippen LogP contribution is 2.31. The van der Waals surface area contributed by atoms with Crippen LogP contribution in [0.4, 0.5) is 5.13 Å². The van der Waals surface area contributed by atoms with Crippen LogP contribution in [0.15, 0.2) is 35.7 Å². The number of carbonyl (C=O) groups excluding carboxylic acids is 1. The van der Waals surface area contributed by atoms with Crippen molar-refractivity contribution < 1.29 is 4.79 Å². The minimum absolute atomic E-state index is 0.107. The van der Waals surface area contributed by atoms with Gasteiger partial charge in [0.05, 0.1) is 10.6 Å². The number of hydrogen-bond acceptors (Lipinski definition) is 4. The number of amides is 1. The van der Waals surface area contributed by atoms with Gasteiger partial charge in [-0.2, -0.15) is 0 Å². The lowest BCUT2D eigenvalue weighted by atomic mass is 10.1. The summed E-state index contributed by atoms with van der Waals surface area (Å²) < 4.78 is 0. The van der Waals surface area contributed by atoms with Crippen LogP contribution in [-0.2, 0) is 0 Å². The molecule has 3 aromatic rings. The maximum Gasteiger partial charge on any atom is 0.267 e. The van der Waals surface area contributed by atoms with Crippen molar-refractivity contribution in [3.8, 4) is 11.3 Å². The molecule has 6 heteroatoms. The molecule has 3 rings (SSSR count). The minimum Gasteiger partial charge on any atom is -0.297 e. The standard InChI is InChI=1S/C16H13ClN2OS2/c1-9-7-8-21-14(9)15(20)19-16-18-13(10(2)22-16)11-3-5-12(17)6-4-11/h3-8H,1-2H3,(H,18,19,20). The fraction of sp³-hybridized carbons (Fsp3) is 0.125. The van der Waals surface area contributed by atoms with Gasteiger partial charge in [-0.1, -0.05) is 23.7 Å². The van der Waals surface area contributed by atoms with Crippen molar-refractivity contribution in [1.29, 1.82) is 0 Å². The Kier molecular flexibility index (Phi) is 4.29. The number of hydrogen-bond donors (Lipinski definition) is 1. The molecule has 0 radical (unpaired) electrons. The van der Waals surface area contributed by atoms with Gasteiger partial charge in [-0.15, -0.1) is 22.7 Å². The number of rotatable bonds is 3. The summed E-state index contributed by atoms with van der Waals surface area (Å²) in [5.41, 5.74) is 2.85. The molecule has 0 saturated heterocycles. The zero-order valence-electron chi connectivity index (χ0n) is 12.0. The highest BCUT2D eigenvalue weighted by Gasteiger charge is 2.15. The van der Waals surface area contributed by atoms with Gasteiger partial charge >= 0.3 is 0 Å². The summed E-state index contributed by atoms with van der Waals surface area (Å²) in [6, 6.07) is 9.47. The maximum atomic E-state index is 12.2. The van der Waals surface area contributed by atoms with Crippen molar-refractivity contribution in [2.75, 3.05) is 5.32 Å². The van der Waals surface area contributed by atoms with E-state index in [1.807, 2.05) is 49.6 Å². The van der Waals surface area contributed by atoms with Crippen LogP contribution in [0, 0.1) is 13.8 Å². The third kappa shape index (κ3) is 3.06. The van der Waals surface area contributed by atoms with E-state index in [0.717, 1.165) is 26.6 Å². The molecule has 3 nitrogen and oxygen atoms in total. The number of nitrogens with one attached hydrogen (secondary N) is 1. The molecule has 22 heavy (non-hydrogen) atoms. The molecule has 0 aliphatic heterocycles. The molecule has 1 amide bonds. The van der Waals surface area contributed by atoms with E-state index >= 15 is 0 Å². The van der Waals surface area contributed by atoms with E-state index in [9.17, 15) is 4.79 Å². The van der Waals surface area contributed by atoms with Crippen LogP contribution in [0.5, 0.6) is 0 Å². The Morgan fingerprint density at radius 1 is 1.18 bits per heavy atom. The van der Waals surface area contributed by atoms with Gasteiger partial charge in [-0.05, 0) is 43.0 Å². The van der Waals surface area contributed by atoms with Gasteiger partial charge in [-0.3, -0.25) is 10.1 Å². The van der Waals surface area contributed by atoms with Crippen molar-refractivity contribution in [1.82, 2.24) is 4.98 Å². The Hall–Kier alpha value is -1.69. The number of aryl methyl sites for hydroxylation is 2. The second-order valence-electron chi connectivity index (χ2n) is 4.82. The number of nitrogens with zero attached hydrogens (tertiary/aromatic N) is 1. The first kappa shape index (κ1) is 15.2. The summed E-state index contributed by atoms with van der Waals surface area (Å²) in [4.78, 5) is 18.6. The summed E-state index contributed by atoms with van der Waals surface area (Å²) in [6.45, 7) is 3.92. The first-order chi connectivity index (χ1) is 10.5. The van der Waals surface area contributed by atoms with Crippen molar-refractivity contribution in [2.24, 2.45) is 0 Å². The molecule has 0 saturated carbocycles. The largest absolute Gasteiger partial charge is 0.297 e. The quantitative estimate of drug-likeness (QED) is 0.689. The Morgan fingerprint density at radius 2 is 1.91 bits per heavy atom. The van der Waals surface area contributed by atoms with Gasteiger partial charge in [0, 0.05) is 15.5 Å². The van der Waals surface area contributed by atoms with Crippen LogP contribution in [0.25, 0.3) is 11.3 Å². The van der Waals surface area contributed by atoms with Crippen molar-refractivity contribution in [3.63, 3.8) is 0 Å². The second kappa shape index (κ2) is 6.20. The number of thiazole rings is 1. The summed E-state index contributed by atoms with van der Waals surface area (Å²) >= 11 is 8.82. The normalized spacial score (nSPS) is 10.7. The van der Waals surface area contributed by atoms with E-state index in [-0.39, 0.29) is 5.91 Å². The highest BCUT2D eigenvalue weighted by molar-refractivity contribution is 7.16. The molecule has 1 aromatic carbocycles. The molecule has 0 spiro atoms. The lowest BCUT2D eigenvalue weighted by Crippen LogP contribution is -2.10. The van der Waals surface area contributed by atoms with Crippen LogP contribution in [-0.4, -0.2) is 10.9 Å². The molecule has 0 bridgehead atoms. The number of aromatic nitrogens is 1. The van der Waals surface area contributed by atoms with Crippen LogP contribution < -0.4 is 5.32 Å². The van der Waals surface area contributed by atoms with Gasteiger partial charge < -0.3 is 0 Å².